The van der Waals surface area contributed by atoms with Gasteiger partial charge in [0.2, 0.25) is 0 Å². The van der Waals surface area contributed by atoms with Gasteiger partial charge in [0.25, 0.3) is 0 Å². The zero-order chi connectivity index (χ0) is 15.8. The van der Waals surface area contributed by atoms with E-state index in [1.807, 2.05) is 0 Å². The molecule has 0 fully saturated rings. The molecule has 1 aromatic carbocycles. The number of benzene rings is 1. The van der Waals surface area contributed by atoms with Crippen LogP contribution in [0.3, 0.4) is 0 Å². The molecule has 0 aliphatic carbocycles. The third-order valence-corrected chi connectivity index (χ3v) is 2.60. The number of amides is 2. The zero-order valence-corrected chi connectivity index (χ0v) is 11.4. The monoisotopic (exact) mass is 302 g/mol. The third kappa shape index (κ3) is 6.07. The van der Waals surface area contributed by atoms with Crippen LogP contribution in [0.15, 0.2) is 24.3 Å². The van der Waals surface area contributed by atoms with Crippen molar-refractivity contribution in [2.24, 2.45) is 0 Å². The highest BCUT2D eigenvalue weighted by molar-refractivity contribution is 5.89. The number of carboxylic acid groups (broad SMARTS) is 1. The number of rotatable bonds is 7. The molecule has 0 aliphatic rings. The number of alkyl halides is 2. The van der Waals surface area contributed by atoms with Gasteiger partial charge in [0, 0.05) is 18.8 Å². The summed E-state index contributed by atoms with van der Waals surface area (Å²) in [7, 11) is 0. The van der Waals surface area contributed by atoms with Crippen molar-refractivity contribution in [2.45, 2.75) is 20.0 Å². The number of ether oxygens (including phenoxy) is 1. The number of carboxylic acids is 1. The van der Waals surface area contributed by atoms with Crippen LogP contribution in [0.4, 0.5) is 19.3 Å². The first-order chi connectivity index (χ1) is 9.92. The van der Waals surface area contributed by atoms with Crippen LogP contribution in [0.2, 0.25) is 0 Å². The Morgan fingerprint density at radius 1 is 1.33 bits per heavy atom. The van der Waals surface area contributed by atoms with E-state index in [1.165, 1.54) is 29.2 Å². The Hall–Kier alpha value is -2.38. The molecule has 0 atom stereocenters. The summed E-state index contributed by atoms with van der Waals surface area (Å²) < 4.78 is 28.2. The van der Waals surface area contributed by atoms with Crippen LogP contribution >= 0.6 is 0 Å². The lowest BCUT2D eigenvalue weighted by Crippen LogP contribution is -2.36. The largest absolute Gasteiger partial charge is 0.481 e. The molecule has 1 aromatic rings. The van der Waals surface area contributed by atoms with Crippen molar-refractivity contribution in [3.05, 3.63) is 24.3 Å². The predicted molar refractivity (Wildman–Crippen MR) is 71.6 cm³/mol. The first-order valence-electron chi connectivity index (χ1n) is 6.25. The van der Waals surface area contributed by atoms with Gasteiger partial charge in [0.1, 0.15) is 5.75 Å². The van der Waals surface area contributed by atoms with Crippen LogP contribution in [-0.4, -0.2) is 41.7 Å². The van der Waals surface area contributed by atoms with Crippen LogP contribution in [0.5, 0.6) is 5.75 Å². The molecular formula is C13H16F2N2O4. The molecule has 1 rings (SSSR count). The molecule has 0 aromatic heterocycles. The van der Waals surface area contributed by atoms with Crippen molar-refractivity contribution >= 4 is 17.7 Å². The van der Waals surface area contributed by atoms with Gasteiger partial charge in [-0.1, -0.05) is 0 Å². The lowest BCUT2D eigenvalue weighted by Gasteiger charge is -2.20. The van der Waals surface area contributed by atoms with Crippen molar-refractivity contribution < 1.29 is 28.2 Å². The Bertz CT molecular complexity index is 480. The molecule has 0 bridgehead atoms. The predicted octanol–water partition coefficient (Wildman–Crippen LogP) is 2.62. The third-order valence-electron chi connectivity index (χ3n) is 2.60. The van der Waals surface area contributed by atoms with Crippen molar-refractivity contribution in [3.8, 4) is 5.75 Å². The van der Waals surface area contributed by atoms with Gasteiger partial charge in [-0.2, -0.15) is 8.78 Å². The van der Waals surface area contributed by atoms with Crippen molar-refractivity contribution in [1.82, 2.24) is 4.90 Å². The van der Waals surface area contributed by atoms with Crippen LogP contribution in [0.25, 0.3) is 0 Å². The maximum Gasteiger partial charge on any atom is 0.387 e. The van der Waals surface area contributed by atoms with E-state index in [4.69, 9.17) is 5.11 Å². The molecule has 21 heavy (non-hydrogen) atoms. The van der Waals surface area contributed by atoms with E-state index in [0.717, 1.165) is 0 Å². The molecule has 8 heteroatoms. The number of urea groups is 1. The van der Waals surface area contributed by atoms with E-state index in [1.54, 1.807) is 6.92 Å². The van der Waals surface area contributed by atoms with Gasteiger partial charge in [0.05, 0.1) is 6.42 Å². The molecule has 0 saturated heterocycles. The Morgan fingerprint density at radius 2 is 1.95 bits per heavy atom. The number of aliphatic carboxylic acids is 1. The van der Waals surface area contributed by atoms with Gasteiger partial charge >= 0.3 is 18.6 Å². The number of nitrogens with zero attached hydrogens (tertiary/aromatic N) is 1. The maximum atomic E-state index is 12.0. The molecule has 0 unspecified atom stereocenters. The standard InChI is InChI=1S/C13H16F2N2O4/c1-2-17(8-7-11(18)19)13(20)16-9-3-5-10(6-4-9)21-12(14)15/h3-6,12H,2,7-8H2,1H3,(H,16,20)(H,18,19). The molecule has 116 valence electrons. The van der Waals surface area contributed by atoms with Crippen LogP contribution in [-0.2, 0) is 4.79 Å². The second kappa shape index (κ2) is 8.03. The van der Waals surface area contributed by atoms with Gasteiger partial charge in [0.15, 0.2) is 0 Å². The van der Waals surface area contributed by atoms with Crippen LogP contribution in [0.1, 0.15) is 13.3 Å². The zero-order valence-electron chi connectivity index (χ0n) is 11.4. The molecule has 6 nitrogen and oxygen atoms in total. The lowest BCUT2D eigenvalue weighted by atomic mass is 10.3. The normalized spacial score (nSPS) is 10.3. The molecule has 0 radical (unpaired) electrons. The average Bonchev–Trinajstić information content (AvgIpc) is 2.40. The van der Waals surface area contributed by atoms with Gasteiger partial charge in [-0.3, -0.25) is 4.79 Å². The number of halogens is 2. The number of hydrogen-bond acceptors (Lipinski definition) is 3. The number of anilines is 1. The molecule has 0 aliphatic heterocycles. The Morgan fingerprint density at radius 3 is 2.43 bits per heavy atom. The summed E-state index contributed by atoms with van der Waals surface area (Å²) in [4.78, 5) is 23.7. The summed E-state index contributed by atoms with van der Waals surface area (Å²) in [6, 6.07) is 4.98. The van der Waals surface area contributed by atoms with Crippen LogP contribution < -0.4 is 10.1 Å². The highest BCUT2D eigenvalue weighted by Gasteiger charge is 2.13. The molecule has 0 saturated carbocycles. The van der Waals surface area contributed by atoms with E-state index in [9.17, 15) is 18.4 Å². The second-order valence-electron chi connectivity index (χ2n) is 4.06. The number of hydrogen-bond donors (Lipinski definition) is 2. The van der Waals surface area contributed by atoms with Crippen molar-refractivity contribution in [3.63, 3.8) is 0 Å². The smallest absolute Gasteiger partial charge is 0.387 e. The number of carbonyl (C=O) groups excluding carboxylic acids is 1. The summed E-state index contributed by atoms with van der Waals surface area (Å²) in [6.45, 7) is -0.742. The van der Waals surface area contributed by atoms with E-state index in [2.05, 4.69) is 10.1 Å². The van der Waals surface area contributed by atoms with Crippen LogP contribution in [0, 0.1) is 0 Å². The van der Waals surface area contributed by atoms with Crippen molar-refractivity contribution in [2.75, 3.05) is 18.4 Å². The first-order valence-corrected chi connectivity index (χ1v) is 6.25. The lowest BCUT2D eigenvalue weighted by molar-refractivity contribution is -0.137. The summed E-state index contributed by atoms with van der Waals surface area (Å²) in [6.07, 6.45) is -0.150. The summed E-state index contributed by atoms with van der Waals surface area (Å²) >= 11 is 0. The van der Waals surface area contributed by atoms with Gasteiger partial charge < -0.3 is 20.1 Å². The SMILES string of the molecule is CCN(CCC(=O)O)C(=O)Nc1ccc(OC(F)F)cc1. The molecule has 0 heterocycles. The fourth-order valence-electron chi connectivity index (χ4n) is 1.56. The summed E-state index contributed by atoms with van der Waals surface area (Å²) in [5.74, 6) is -1.00. The summed E-state index contributed by atoms with van der Waals surface area (Å²) in [5, 5.41) is 11.1. The second-order valence-corrected chi connectivity index (χ2v) is 4.06. The molecule has 2 amide bonds. The van der Waals surface area contributed by atoms with E-state index in [0.29, 0.717) is 12.2 Å². The topological polar surface area (TPSA) is 78.9 Å². The Labute approximate surface area is 120 Å². The maximum absolute atomic E-state index is 12.0. The first kappa shape index (κ1) is 16.7. The van der Waals surface area contributed by atoms with Crippen molar-refractivity contribution in [1.29, 1.82) is 0 Å². The highest BCUT2D eigenvalue weighted by Crippen LogP contribution is 2.18. The van der Waals surface area contributed by atoms with Gasteiger partial charge in [-0.15, -0.1) is 0 Å². The van der Waals surface area contributed by atoms with E-state index < -0.39 is 18.6 Å². The molecular weight excluding hydrogens is 286 g/mol. The van der Waals surface area contributed by atoms with Gasteiger partial charge in [-0.25, -0.2) is 4.79 Å². The number of carbonyl (C=O) groups is 2. The van der Waals surface area contributed by atoms with Gasteiger partial charge in [-0.05, 0) is 31.2 Å². The van der Waals surface area contributed by atoms with E-state index in [-0.39, 0.29) is 18.7 Å². The minimum atomic E-state index is -2.91. The Kier molecular flexibility index (Phi) is 6.38. The quantitative estimate of drug-likeness (QED) is 0.811. The minimum Gasteiger partial charge on any atom is -0.481 e. The fraction of sp³-hybridized carbons (Fsp3) is 0.385. The molecule has 2 N–H and O–H groups in total. The fourth-order valence-corrected chi connectivity index (χ4v) is 1.56. The number of nitrogens with one attached hydrogen (secondary N) is 1. The minimum absolute atomic E-state index is 0.0128. The Balaban J connectivity index is 2.58. The highest BCUT2D eigenvalue weighted by atomic mass is 19.3. The van der Waals surface area contributed by atoms with E-state index >= 15 is 0 Å². The average molecular weight is 302 g/mol. The molecule has 0 spiro atoms. The summed E-state index contributed by atoms with van der Waals surface area (Å²) in [5.41, 5.74) is 0.399.